The third-order valence-corrected chi connectivity index (χ3v) is 11.6. The SMILES string of the molecule is CC1CN2CCC[C@@]2(COc2nc3c(c(N4CCCn5nc(C(=O)N(C)C)c(Cl)c5C4)n2)CO[C@@]2(CCc4c(Cl)cccc42)C3)C1. The second kappa shape index (κ2) is 11.4. The average molecular weight is 667 g/mol. The number of aryl methyl sites for hydroxylation is 1. The van der Waals surface area contributed by atoms with E-state index >= 15 is 0 Å². The van der Waals surface area contributed by atoms with Crippen LogP contribution in [0.25, 0.3) is 0 Å². The van der Waals surface area contributed by atoms with E-state index in [4.69, 9.17) is 42.6 Å². The highest BCUT2D eigenvalue weighted by molar-refractivity contribution is 6.34. The molecule has 0 N–H and O–H groups in total. The van der Waals surface area contributed by atoms with Gasteiger partial charge < -0.3 is 19.3 Å². The fourth-order valence-electron chi connectivity index (χ4n) is 8.71. The molecule has 1 unspecified atom stereocenters. The van der Waals surface area contributed by atoms with Crippen molar-refractivity contribution >= 4 is 34.9 Å². The van der Waals surface area contributed by atoms with Crippen LogP contribution in [0.2, 0.25) is 10.0 Å². The molecule has 1 amide bonds. The fraction of sp³-hybridized carbons (Fsp3) is 0.588. The van der Waals surface area contributed by atoms with Gasteiger partial charge in [0.2, 0.25) is 0 Å². The number of ether oxygens (including phenoxy) is 2. The van der Waals surface area contributed by atoms with Crippen LogP contribution in [0.1, 0.15) is 77.6 Å². The quantitative estimate of drug-likeness (QED) is 0.365. The first-order chi connectivity index (χ1) is 22.2. The molecule has 2 fully saturated rings. The van der Waals surface area contributed by atoms with Gasteiger partial charge in [0.1, 0.15) is 12.4 Å². The summed E-state index contributed by atoms with van der Waals surface area (Å²) in [5, 5.41) is 5.82. The molecular formula is C34H41Cl2N7O3. The molecule has 3 aromatic rings. The summed E-state index contributed by atoms with van der Waals surface area (Å²) in [6.07, 6.45) is 6.68. The number of carbonyl (C=O) groups is 1. The van der Waals surface area contributed by atoms with E-state index in [2.05, 4.69) is 27.9 Å². The average Bonchev–Trinajstić information content (AvgIpc) is 3.71. The lowest BCUT2D eigenvalue weighted by Crippen LogP contribution is -2.43. The molecule has 0 saturated carbocycles. The zero-order chi connectivity index (χ0) is 31.8. The second-order valence-corrected chi connectivity index (χ2v) is 14.9. The van der Waals surface area contributed by atoms with Gasteiger partial charge in [-0.1, -0.05) is 42.3 Å². The Labute approximate surface area is 280 Å². The number of nitrogens with zero attached hydrogens (tertiary/aromatic N) is 7. The van der Waals surface area contributed by atoms with Crippen molar-refractivity contribution < 1.29 is 14.3 Å². The first kappa shape index (κ1) is 30.4. The molecule has 1 aliphatic carbocycles. The third kappa shape index (κ3) is 4.90. The topological polar surface area (TPSA) is 88.9 Å². The summed E-state index contributed by atoms with van der Waals surface area (Å²) < 4.78 is 15.3. The summed E-state index contributed by atoms with van der Waals surface area (Å²) in [5.74, 6) is 1.27. The number of benzene rings is 1. The molecule has 5 aliphatic rings. The number of carbonyl (C=O) groups excluding carboxylic acids is 1. The van der Waals surface area contributed by atoms with Crippen LogP contribution in [0, 0.1) is 5.92 Å². The maximum Gasteiger partial charge on any atom is 0.318 e. The predicted octanol–water partition coefficient (Wildman–Crippen LogP) is 5.26. The highest BCUT2D eigenvalue weighted by Crippen LogP contribution is 2.49. The molecule has 12 heteroatoms. The number of halogens is 2. The van der Waals surface area contributed by atoms with Crippen LogP contribution in [-0.4, -0.2) is 81.3 Å². The number of hydrogen-bond donors (Lipinski definition) is 0. The Morgan fingerprint density at radius 1 is 1.13 bits per heavy atom. The van der Waals surface area contributed by atoms with Crippen molar-refractivity contribution in [2.24, 2.45) is 5.92 Å². The van der Waals surface area contributed by atoms with E-state index in [9.17, 15) is 4.79 Å². The standard InChI is InChI=1S/C34H41Cl2N7O3/c1-21-15-33(10-5-13-42(33)17-21)20-45-32-37-26-16-34(11-9-22-24(34)7-4-8-25(22)35)46-19-23(26)30(38-32)41-12-6-14-43-27(18-41)28(36)29(39-43)31(44)40(2)3/h4,7-8,21H,5-6,9-20H2,1-3H3/t21?,33-,34-/m0/s1. The van der Waals surface area contributed by atoms with E-state index < -0.39 is 5.60 Å². The van der Waals surface area contributed by atoms with Crippen LogP contribution in [0.3, 0.4) is 0 Å². The van der Waals surface area contributed by atoms with Crippen LogP contribution >= 0.6 is 23.2 Å². The first-order valence-electron chi connectivity index (χ1n) is 16.6. The number of fused-ring (bicyclic) bond motifs is 5. The van der Waals surface area contributed by atoms with Crippen LogP contribution in [0.4, 0.5) is 5.82 Å². The van der Waals surface area contributed by atoms with Gasteiger partial charge in [-0.05, 0) is 68.2 Å². The van der Waals surface area contributed by atoms with E-state index in [0.717, 1.165) is 85.1 Å². The van der Waals surface area contributed by atoms with E-state index in [0.29, 0.717) is 49.7 Å². The van der Waals surface area contributed by atoms with Gasteiger partial charge in [0.05, 0.1) is 40.7 Å². The largest absolute Gasteiger partial charge is 0.461 e. The van der Waals surface area contributed by atoms with Gasteiger partial charge >= 0.3 is 6.01 Å². The van der Waals surface area contributed by atoms with Crippen molar-refractivity contribution in [3.05, 3.63) is 62.0 Å². The van der Waals surface area contributed by atoms with Gasteiger partial charge in [-0.3, -0.25) is 14.4 Å². The van der Waals surface area contributed by atoms with Crippen LogP contribution in [0.15, 0.2) is 18.2 Å². The van der Waals surface area contributed by atoms with Gasteiger partial charge in [-0.2, -0.15) is 15.1 Å². The molecular weight excluding hydrogens is 625 g/mol. The van der Waals surface area contributed by atoms with Crippen molar-refractivity contribution in [1.29, 1.82) is 0 Å². The summed E-state index contributed by atoms with van der Waals surface area (Å²) in [6, 6.07) is 6.55. The molecule has 244 valence electrons. The van der Waals surface area contributed by atoms with Crippen molar-refractivity contribution in [3.63, 3.8) is 0 Å². The summed E-state index contributed by atoms with van der Waals surface area (Å²) in [6.45, 7) is 7.45. The molecule has 0 radical (unpaired) electrons. The zero-order valence-corrected chi connectivity index (χ0v) is 28.3. The Morgan fingerprint density at radius 3 is 2.85 bits per heavy atom. The molecule has 2 saturated heterocycles. The van der Waals surface area contributed by atoms with Gasteiger partial charge in [0, 0.05) is 50.7 Å². The Bertz CT molecular complexity index is 1710. The number of aromatic nitrogens is 4. The highest BCUT2D eigenvalue weighted by atomic mass is 35.5. The van der Waals surface area contributed by atoms with Crippen molar-refractivity contribution in [2.75, 3.05) is 45.2 Å². The van der Waals surface area contributed by atoms with E-state index in [1.165, 1.54) is 16.9 Å². The van der Waals surface area contributed by atoms with E-state index in [1.807, 2.05) is 16.8 Å². The molecule has 8 rings (SSSR count). The normalized spacial score (nSPS) is 26.9. The van der Waals surface area contributed by atoms with Gasteiger partial charge in [-0.25, -0.2) is 0 Å². The lowest BCUT2D eigenvalue weighted by Gasteiger charge is -2.37. The van der Waals surface area contributed by atoms with Crippen LogP contribution in [0.5, 0.6) is 6.01 Å². The molecule has 10 nitrogen and oxygen atoms in total. The lowest BCUT2D eigenvalue weighted by atomic mass is 9.87. The molecule has 46 heavy (non-hydrogen) atoms. The van der Waals surface area contributed by atoms with Crippen molar-refractivity contribution in [2.45, 2.75) is 82.7 Å². The summed E-state index contributed by atoms with van der Waals surface area (Å²) >= 11 is 13.5. The smallest absolute Gasteiger partial charge is 0.318 e. The number of amides is 1. The summed E-state index contributed by atoms with van der Waals surface area (Å²) in [5.41, 5.74) is 4.97. The Hall–Kier alpha value is -2.92. The van der Waals surface area contributed by atoms with Crippen molar-refractivity contribution in [1.82, 2.24) is 29.5 Å². The monoisotopic (exact) mass is 665 g/mol. The zero-order valence-electron chi connectivity index (χ0n) is 26.8. The van der Waals surface area contributed by atoms with Crippen molar-refractivity contribution in [3.8, 4) is 6.01 Å². The van der Waals surface area contributed by atoms with E-state index in [1.54, 1.807) is 14.1 Å². The van der Waals surface area contributed by atoms with Crippen LogP contribution in [-0.2, 0) is 42.9 Å². The fourth-order valence-corrected chi connectivity index (χ4v) is 9.26. The molecule has 0 bridgehead atoms. The summed E-state index contributed by atoms with van der Waals surface area (Å²) in [4.78, 5) is 29.4. The number of anilines is 1. The molecule has 1 aromatic carbocycles. The highest BCUT2D eigenvalue weighted by Gasteiger charge is 2.48. The molecule has 3 atom stereocenters. The Morgan fingerprint density at radius 2 is 2.00 bits per heavy atom. The number of rotatable bonds is 5. The van der Waals surface area contributed by atoms with E-state index in [-0.39, 0.29) is 17.1 Å². The lowest BCUT2D eigenvalue weighted by molar-refractivity contribution is -0.0730. The minimum absolute atomic E-state index is 0.0579. The van der Waals surface area contributed by atoms with Gasteiger partial charge in [-0.15, -0.1) is 0 Å². The Kier molecular flexibility index (Phi) is 7.51. The Balaban J connectivity index is 1.17. The molecule has 6 heterocycles. The van der Waals surface area contributed by atoms with Gasteiger partial charge in [0.15, 0.2) is 5.69 Å². The third-order valence-electron chi connectivity index (χ3n) is 10.9. The molecule has 1 spiro atoms. The van der Waals surface area contributed by atoms with Gasteiger partial charge in [0.25, 0.3) is 5.91 Å². The second-order valence-electron chi connectivity index (χ2n) is 14.2. The number of hydrogen-bond acceptors (Lipinski definition) is 8. The van der Waals surface area contributed by atoms with Crippen LogP contribution < -0.4 is 9.64 Å². The minimum atomic E-state index is -0.472. The maximum absolute atomic E-state index is 12.9. The predicted molar refractivity (Wildman–Crippen MR) is 176 cm³/mol. The molecule has 2 aromatic heterocycles. The maximum atomic E-state index is 12.9. The minimum Gasteiger partial charge on any atom is -0.461 e. The molecule has 4 aliphatic heterocycles. The summed E-state index contributed by atoms with van der Waals surface area (Å²) in [7, 11) is 3.43. The first-order valence-corrected chi connectivity index (χ1v) is 17.3.